The van der Waals surface area contributed by atoms with Crippen LogP contribution in [-0.4, -0.2) is 73.4 Å². The summed E-state index contributed by atoms with van der Waals surface area (Å²) in [5, 5.41) is 31.9. The Morgan fingerprint density at radius 3 is 2.51 bits per heavy atom. The Morgan fingerprint density at radius 2 is 1.76 bits per heavy atom. The number of primary amides is 1. The summed E-state index contributed by atoms with van der Waals surface area (Å²) in [6.07, 6.45) is 1.41. The Labute approximate surface area is 282 Å². The fourth-order valence-electron chi connectivity index (χ4n) is 5.24. The van der Waals surface area contributed by atoms with E-state index in [1.165, 1.54) is 29.1 Å². The zero-order chi connectivity index (χ0) is 34.8. The van der Waals surface area contributed by atoms with Crippen LogP contribution in [0.25, 0.3) is 11.1 Å². The molecule has 260 valence electrons. The molecule has 0 bridgehead atoms. The van der Waals surface area contributed by atoms with Crippen LogP contribution in [0.4, 0.5) is 0 Å². The zero-order valence-corrected chi connectivity index (χ0v) is 27.5. The number of carbonyl (C=O) groups excluding carboxylic acids is 2. The molecule has 3 heterocycles. The lowest BCUT2D eigenvalue weighted by Crippen LogP contribution is -2.46. The van der Waals surface area contributed by atoms with Crippen molar-refractivity contribution in [3.63, 3.8) is 0 Å². The number of phosphoric ester groups is 1. The van der Waals surface area contributed by atoms with Crippen molar-refractivity contribution in [3.05, 3.63) is 102 Å². The summed E-state index contributed by atoms with van der Waals surface area (Å²) in [5.41, 5.74) is 9.29. The minimum atomic E-state index is -4.54. The molecule has 1 unspecified atom stereocenters. The molecule has 5 rings (SSSR count). The molecule has 4 aromatic rings. The van der Waals surface area contributed by atoms with E-state index in [-0.39, 0.29) is 24.5 Å². The predicted octanol–water partition coefficient (Wildman–Crippen LogP) is 1.81. The first kappa shape index (κ1) is 36.0. The maximum Gasteiger partial charge on any atom is 0.472 e. The van der Waals surface area contributed by atoms with Gasteiger partial charge in [0.2, 0.25) is 5.91 Å². The van der Waals surface area contributed by atoms with Gasteiger partial charge < -0.3 is 30.9 Å². The van der Waals surface area contributed by atoms with Gasteiger partial charge in [-0.1, -0.05) is 59.8 Å². The average Bonchev–Trinajstić information content (AvgIpc) is 3.68. The van der Waals surface area contributed by atoms with E-state index in [0.29, 0.717) is 38.0 Å². The van der Waals surface area contributed by atoms with E-state index in [0.717, 1.165) is 16.7 Å². The van der Waals surface area contributed by atoms with Crippen molar-refractivity contribution < 1.29 is 47.6 Å². The van der Waals surface area contributed by atoms with Crippen LogP contribution in [0.15, 0.2) is 85.3 Å². The Kier molecular flexibility index (Phi) is 12.4. The molecule has 2 aromatic heterocycles. The van der Waals surface area contributed by atoms with Crippen LogP contribution in [0, 0.1) is 0 Å². The maximum absolute atomic E-state index is 12.4. The van der Waals surface area contributed by atoms with Crippen molar-refractivity contribution in [3.8, 4) is 11.1 Å². The predicted molar refractivity (Wildman–Crippen MR) is 174 cm³/mol. The van der Waals surface area contributed by atoms with Crippen LogP contribution in [0.2, 0.25) is 0 Å². The number of ether oxygens (including phenoxy) is 1. The molecule has 2 aromatic carbocycles. The Hall–Kier alpha value is -4.34. The van der Waals surface area contributed by atoms with Gasteiger partial charge in [-0.15, -0.1) is 5.10 Å². The number of nitrogens with two attached hydrogens (primary N) is 1. The summed E-state index contributed by atoms with van der Waals surface area (Å²) in [7, 11) is -4.54. The van der Waals surface area contributed by atoms with E-state index >= 15 is 0 Å². The Balaban J connectivity index is 0.957. The highest BCUT2D eigenvalue weighted by atomic mass is 31.2. The number of amides is 2. The number of rotatable bonds is 17. The molecular weight excluding hydrogens is 655 g/mol. The number of hydrogen-bond acceptors (Lipinski definition) is 10. The van der Waals surface area contributed by atoms with E-state index < -0.39 is 44.9 Å². The van der Waals surface area contributed by atoms with Crippen molar-refractivity contribution in [1.29, 1.82) is 0 Å². The van der Waals surface area contributed by atoms with Gasteiger partial charge in [-0.3, -0.25) is 23.3 Å². The summed E-state index contributed by atoms with van der Waals surface area (Å²) >= 11 is 0. The van der Waals surface area contributed by atoms with Gasteiger partial charge in [0, 0.05) is 38.2 Å². The third-order valence-electron chi connectivity index (χ3n) is 7.93. The molecule has 1 aliphatic heterocycles. The first-order chi connectivity index (χ1) is 23.6. The van der Waals surface area contributed by atoms with Crippen LogP contribution in [0.1, 0.15) is 47.1 Å². The summed E-state index contributed by atoms with van der Waals surface area (Å²) in [6, 6.07) is 21.2. The Morgan fingerprint density at radius 1 is 1.00 bits per heavy atom. The number of unbranched alkanes of at least 4 members (excludes halogenated alkanes) is 1. The SMILES string of the molecule is NC(=O)c1ccc[n+]([C@@H]2O[C@H](COP(=O)(O)OCCc3cn(CCCCC(=O)NCc4ccc(-c5ccccc5)cc4)nn3)[C@@H](O)[C@H]2O)c1. The van der Waals surface area contributed by atoms with E-state index in [2.05, 4.69) is 27.8 Å². The number of pyridine rings is 1. The minimum Gasteiger partial charge on any atom is -0.387 e. The van der Waals surface area contributed by atoms with Gasteiger partial charge in [0.05, 0.1) is 18.9 Å². The molecule has 0 spiro atoms. The fraction of sp³-hybridized carbons (Fsp3) is 0.364. The van der Waals surface area contributed by atoms with Crippen LogP contribution in [-0.2, 0) is 42.7 Å². The number of nitrogens with one attached hydrogen (secondary N) is 1. The van der Waals surface area contributed by atoms with Crippen molar-refractivity contribution in [2.45, 2.75) is 63.3 Å². The molecule has 49 heavy (non-hydrogen) atoms. The number of phosphoric acid groups is 1. The van der Waals surface area contributed by atoms with Crippen molar-refractivity contribution in [2.75, 3.05) is 13.2 Å². The van der Waals surface area contributed by atoms with Crippen LogP contribution in [0.3, 0.4) is 0 Å². The molecule has 0 aliphatic carbocycles. The monoisotopic (exact) mass is 695 g/mol. The van der Waals surface area contributed by atoms with Crippen LogP contribution >= 0.6 is 7.82 Å². The van der Waals surface area contributed by atoms with Gasteiger partial charge in [0.25, 0.3) is 12.1 Å². The summed E-state index contributed by atoms with van der Waals surface area (Å²) in [4.78, 5) is 33.9. The Bertz CT molecular complexity index is 1740. The van der Waals surface area contributed by atoms with E-state index in [4.69, 9.17) is 19.5 Å². The topological polar surface area (TPSA) is 212 Å². The van der Waals surface area contributed by atoms with Gasteiger partial charge >= 0.3 is 7.82 Å². The number of aliphatic hydroxyl groups is 2. The standard InChI is InChI=1S/C33H39N6O9P/c34-32(43)26-9-6-16-38(20-26)33-31(42)30(41)28(48-33)22-47-49(44,45)46-18-15-27-21-39(37-36-27)17-5-4-10-29(40)35-19-23-11-13-25(14-12-23)24-7-2-1-3-8-24/h1-3,6-9,11-14,16,20-21,28,30-31,33,41-42H,4-5,10,15,17-19,22H2,(H3-,34,35,40,43,44,45)/p+1/t28-,30-,31-,33-/m1/s1. The first-order valence-electron chi connectivity index (χ1n) is 15.8. The van der Waals surface area contributed by atoms with E-state index in [1.807, 2.05) is 42.5 Å². The van der Waals surface area contributed by atoms with Crippen LogP contribution < -0.4 is 15.6 Å². The van der Waals surface area contributed by atoms with E-state index in [1.54, 1.807) is 10.9 Å². The van der Waals surface area contributed by atoms with Crippen LogP contribution in [0.5, 0.6) is 0 Å². The van der Waals surface area contributed by atoms with Gasteiger partial charge in [-0.2, -0.15) is 4.57 Å². The average molecular weight is 696 g/mol. The van der Waals surface area contributed by atoms with Gasteiger partial charge in [0.1, 0.15) is 17.8 Å². The summed E-state index contributed by atoms with van der Waals surface area (Å²) < 4.78 is 31.1. The highest BCUT2D eigenvalue weighted by Gasteiger charge is 2.49. The van der Waals surface area contributed by atoms with Gasteiger partial charge in [-0.25, -0.2) is 4.57 Å². The molecule has 1 aliphatic rings. The van der Waals surface area contributed by atoms with Gasteiger partial charge in [0.15, 0.2) is 18.5 Å². The third kappa shape index (κ3) is 10.3. The minimum absolute atomic E-state index is 0.0295. The lowest BCUT2D eigenvalue weighted by Gasteiger charge is -2.16. The van der Waals surface area contributed by atoms with E-state index in [9.17, 15) is 29.3 Å². The smallest absolute Gasteiger partial charge is 0.387 e. The number of aromatic nitrogens is 4. The lowest BCUT2D eigenvalue weighted by atomic mass is 10.0. The maximum atomic E-state index is 12.4. The quantitative estimate of drug-likeness (QED) is 0.0611. The molecule has 0 radical (unpaired) electrons. The largest absolute Gasteiger partial charge is 0.472 e. The molecule has 2 amide bonds. The molecule has 6 N–H and O–H groups in total. The highest BCUT2D eigenvalue weighted by Crippen LogP contribution is 2.44. The zero-order valence-electron chi connectivity index (χ0n) is 26.7. The van der Waals surface area contributed by atoms with Crippen molar-refractivity contribution in [2.24, 2.45) is 5.73 Å². The normalized spacial score (nSPS) is 20.1. The fourth-order valence-corrected chi connectivity index (χ4v) is 5.97. The second kappa shape index (κ2) is 16.9. The summed E-state index contributed by atoms with van der Waals surface area (Å²) in [5.74, 6) is -0.712. The number of nitrogens with zero attached hydrogens (tertiary/aromatic N) is 4. The number of benzene rings is 2. The molecule has 0 saturated carbocycles. The van der Waals surface area contributed by atoms with Crippen molar-refractivity contribution in [1.82, 2.24) is 20.3 Å². The molecule has 5 atom stereocenters. The number of aryl methyl sites for hydroxylation is 1. The highest BCUT2D eigenvalue weighted by molar-refractivity contribution is 7.47. The molecule has 1 fully saturated rings. The number of hydrogen-bond donors (Lipinski definition) is 5. The molecule has 16 heteroatoms. The molecule has 15 nitrogen and oxygen atoms in total. The first-order valence-corrected chi connectivity index (χ1v) is 17.3. The second-order valence-electron chi connectivity index (χ2n) is 11.6. The van der Waals surface area contributed by atoms with Crippen molar-refractivity contribution >= 4 is 19.6 Å². The molecular formula is C33H40N6O9P+. The number of aliphatic hydroxyl groups excluding tert-OH is 2. The molecule has 1 saturated heterocycles. The van der Waals surface area contributed by atoms with Gasteiger partial charge in [-0.05, 0) is 35.6 Å². The third-order valence-corrected chi connectivity index (χ3v) is 8.91. The summed E-state index contributed by atoms with van der Waals surface area (Å²) in [6.45, 7) is 0.263. The second-order valence-corrected chi connectivity index (χ2v) is 13.0. The lowest BCUT2D eigenvalue weighted by molar-refractivity contribution is -0.765. The number of carbonyl (C=O) groups is 2.